The van der Waals surface area contributed by atoms with E-state index in [0.29, 0.717) is 36.0 Å². The zero-order valence-corrected chi connectivity index (χ0v) is 15.1. The Labute approximate surface area is 155 Å². The maximum Gasteiger partial charge on any atom is 0.261 e. The summed E-state index contributed by atoms with van der Waals surface area (Å²) in [5, 5.41) is 2.87. The molecule has 0 unspecified atom stereocenters. The molecular formula is C17H15ClN2O5S. The van der Waals surface area contributed by atoms with Crippen LogP contribution in [0.15, 0.2) is 35.2 Å². The highest BCUT2D eigenvalue weighted by atomic mass is 35.5. The van der Waals surface area contributed by atoms with Crippen molar-refractivity contribution >= 4 is 38.9 Å². The number of amides is 1. The highest BCUT2D eigenvalue weighted by molar-refractivity contribution is 7.92. The van der Waals surface area contributed by atoms with Gasteiger partial charge in [0.15, 0.2) is 11.5 Å². The minimum absolute atomic E-state index is 0.0518. The molecule has 7 nitrogen and oxygen atoms in total. The van der Waals surface area contributed by atoms with Crippen LogP contribution in [0.3, 0.4) is 0 Å². The predicted molar refractivity (Wildman–Crippen MR) is 96.6 cm³/mol. The minimum atomic E-state index is -3.88. The van der Waals surface area contributed by atoms with Crippen molar-refractivity contribution in [2.45, 2.75) is 17.7 Å². The van der Waals surface area contributed by atoms with Crippen LogP contribution in [0.5, 0.6) is 11.5 Å². The van der Waals surface area contributed by atoms with E-state index >= 15 is 0 Å². The molecule has 0 saturated carbocycles. The first-order valence-electron chi connectivity index (χ1n) is 7.97. The lowest BCUT2D eigenvalue weighted by Crippen LogP contribution is -2.13. The number of benzene rings is 2. The summed E-state index contributed by atoms with van der Waals surface area (Å²) in [5.41, 5.74) is 1.47. The van der Waals surface area contributed by atoms with Gasteiger partial charge in [-0.3, -0.25) is 9.52 Å². The smallest absolute Gasteiger partial charge is 0.261 e. The van der Waals surface area contributed by atoms with Crippen LogP contribution in [0.1, 0.15) is 12.0 Å². The number of anilines is 2. The minimum Gasteiger partial charge on any atom is -0.490 e. The fraction of sp³-hybridized carbons (Fsp3) is 0.235. The Morgan fingerprint density at radius 3 is 2.58 bits per heavy atom. The third kappa shape index (κ3) is 3.17. The molecule has 0 saturated heterocycles. The number of carbonyl (C=O) groups is 1. The molecule has 0 spiro atoms. The first-order valence-corrected chi connectivity index (χ1v) is 9.83. The van der Waals surface area contributed by atoms with Crippen LogP contribution in [-0.4, -0.2) is 27.5 Å². The maximum absolute atomic E-state index is 12.7. The molecule has 2 N–H and O–H groups in total. The zero-order chi connectivity index (χ0) is 18.3. The van der Waals surface area contributed by atoms with Crippen molar-refractivity contribution in [1.29, 1.82) is 0 Å². The Hall–Kier alpha value is -2.45. The Kier molecular flexibility index (Phi) is 4.16. The Morgan fingerprint density at radius 1 is 1.08 bits per heavy atom. The monoisotopic (exact) mass is 394 g/mol. The van der Waals surface area contributed by atoms with E-state index < -0.39 is 10.0 Å². The van der Waals surface area contributed by atoms with E-state index in [1.807, 2.05) is 0 Å². The molecule has 0 bridgehead atoms. The van der Waals surface area contributed by atoms with Gasteiger partial charge < -0.3 is 14.8 Å². The molecule has 2 aromatic carbocycles. The standard InChI is InChI=1S/C17H15ClN2O5S/c18-12-8-15-16(25-5-1-4-24-15)9-14(12)20-26(22,23)11-2-3-13-10(6-11)7-17(21)19-13/h2-3,6,8-9,20H,1,4-5,7H2,(H,19,21). The third-order valence-electron chi connectivity index (χ3n) is 4.09. The van der Waals surface area contributed by atoms with Crippen molar-refractivity contribution in [2.75, 3.05) is 23.3 Å². The predicted octanol–water partition coefficient (Wildman–Crippen LogP) is 2.80. The summed E-state index contributed by atoms with van der Waals surface area (Å²) in [4.78, 5) is 11.5. The molecule has 136 valence electrons. The number of fused-ring (bicyclic) bond motifs is 2. The van der Waals surface area contributed by atoms with Gasteiger partial charge in [-0.05, 0) is 23.8 Å². The maximum atomic E-state index is 12.7. The number of nitrogens with one attached hydrogen (secondary N) is 2. The van der Waals surface area contributed by atoms with Crippen molar-refractivity contribution in [3.8, 4) is 11.5 Å². The fourth-order valence-electron chi connectivity index (χ4n) is 2.84. The van der Waals surface area contributed by atoms with Gasteiger partial charge in [-0.2, -0.15) is 0 Å². The number of sulfonamides is 1. The van der Waals surface area contributed by atoms with Crippen molar-refractivity contribution in [3.63, 3.8) is 0 Å². The summed E-state index contributed by atoms with van der Waals surface area (Å²) in [7, 11) is -3.88. The molecule has 26 heavy (non-hydrogen) atoms. The highest BCUT2D eigenvalue weighted by Gasteiger charge is 2.23. The van der Waals surface area contributed by atoms with E-state index in [4.69, 9.17) is 21.1 Å². The van der Waals surface area contributed by atoms with Crippen molar-refractivity contribution in [2.24, 2.45) is 0 Å². The van der Waals surface area contributed by atoms with Gasteiger partial charge in [0.05, 0.1) is 35.2 Å². The number of carbonyl (C=O) groups excluding carboxylic acids is 1. The van der Waals surface area contributed by atoms with Crippen LogP contribution >= 0.6 is 11.6 Å². The first-order chi connectivity index (χ1) is 12.4. The summed E-state index contributed by atoms with van der Waals surface area (Å²) in [6.07, 6.45) is 0.888. The van der Waals surface area contributed by atoms with Gasteiger partial charge >= 0.3 is 0 Å². The van der Waals surface area contributed by atoms with E-state index in [2.05, 4.69) is 10.0 Å². The van der Waals surface area contributed by atoms with Crippen LogP contribution in [0.25, 0.3) is 0 Å². The van der Waals surface area contributed by atoms with Crippen molar-refractivity contribution in [3.05, 3.63) is 40.9 Å². The summed E-state index contributed by atoms with van der Waals surface area (Å²) >= 11 is 6.20. The second-order valence-corrected chi connectivity index (χ2v) is 8.07. The van der Waals surface area contributed by atoms with Gasteiger partial charge in [0.1, 0.15) is 0 Å². The van der Waals surface area contributed by atoms with Crippen LogP contribution in [0, 0.1) is 0 Å². The van der Waals surface area contributed by atoms with E-state index in [1.54, 1.807) is 6.07 Å². The molecule has 2 aliphatic rings. The number of hydrogen-bond donors (Lipinski definition) is 2. The highest BCUT2D eigenvalue weighted by Crippen LogP contribution is 2.38. The van der Waals surface area contributed by atoms with Gasteiger partial charge in [-0.1, -0.05) is 11.6 Å². The topological polar surface area (TPSA) is 93.7 Å². The van der Waals surface area contributed by atoms with Gasteiger partial charge in [0.25, 0.3) is 10.0 Å². The Bertz CT molecular complexity index is 1010. The van der Waals surface area contributed by atoms with Gasteiger partial charge in [0, 0.05) is 24.2 Å². The number of halogens is 1. The lowest BCUT2D eigenvalue weighted by atomic mass is 10.2. The molecule has 2 aliphatic heterocycles. The summed E-state index contributed by atoms with van der Waals surface area (Å²) in [6, 6.07) is 7.53. The van der Waals surface area contributed by atoms with Crippen LogP contribution < -0.4 is 19.5 Å². The molecule has 0 aliphatic carbocycles. The molecule has 4 rings (SSSR count). The average molecular weight is 395 g/mol. The number of rotatable bonds is 3. The molecule has 1 amide bonds. The number of ether oxygens (including phenoxy) is 2. The Morgan fingerprint density at radius 2 is 1.81 bits per heavy atom. The normalized spacial score (nSPS) is 15.8. The lowest BCUT2D eigenvalue weighted by molar-refractivity contribution is -0.115. The Balaban J connectivity index is 1.65. The molecular weight excluding hydrogens is 380 g/mol. The SMILES string of the molecule is O=C1Cc2cc(S(=O)(=O)Nc3cc4c(cc3Cl)OCCCO4)ccc2N1. The van der Waals surface area contributed by atoms with Crippen LogP contribution in [0.4, 0.5) is 11.4 Å². The third-order valence-corrected chi connectivity index (χ3v) is 5.77. The average Bonchev–Trinajstić information content (AvgIpc) is 2.81. The van der Waals surface area contributed by atoms with Gasteiger partial charge in [-0.25, -0.2) is 8.42 Å². The first kappa shape index (κ1) is 17.0. The van der Waals surface area contributed by atoms with Gasteiger partial charge in [0.2, 0.25) is 5.91 Å². The van der Waals surface area contributed by atoms with Crippen molar-refractivity contribution < 1.29 is 22.7 Å². The van der Waals surface area contributed by atoms with E-state index in [0.717, 1.165) is 6.42 Å². The summed E-state index contributed by atoms with van der Waals surface area (Å²) in [6.45, 7) is 0.989. The largest absolute Gasteiger partial charge is 0.490 e. The van der Waals surface area contributed by atoms with E-state index in [-0.39, 0.29) is 27.9 Å². The summed E-state index contributed by atoms with van der Waals surface area (Å²) < 4.78 is 39.0. The van der Waals surface area contributed by atoms with Crippen LogP contribution in [0.2, 0.25) is 5.02 Å². The quantitative estimate of drug-likeness (QED) is 0.834. The molecule has 2 heterocycles. The fourth-order valence-corrected chi connectivity index (χ4v) is 4.22. The molecule has 0 aromatic heterocycles. The lowest BCUT2D eigenvalue weighted by Gasteiger charge is -2.14. The van der Waals surface area contributed by atoms with Gasteiger partial charge in [-0.15, -0.1) is 0 Å². The van der Waals surface area contributed by atoms with E-state index in [1.165, 1.54) is 24.3 Å². The van der Waals surface area contributed by atoms with E-state index in [9.17, 15) is 13.2 Å². The second-order valence-electron chi connectivity index (χ2n) is 5.98. The number of hydrogen-bond acceptors (Lipinski definition) is 5. The van der Waals surface area contributed by atoms with Crippen LogP contribution in [-0.2, 0) is 21.2 Å². The molecule has 2 aromatic rings. The molecule has 0 radical (unpaired) electrons. The second kappa shape index (κ2) is 6.37. The molecule has 0 atom stereocenters. The zero-order valence-electron chi connectivity index (χ0n) is 13.5. The molecule has 0 fully saturated rings. The van der Waals surface area contributed by atoms with Crippen molar-refractivity contribution in [1.82, 2.24) is 0 Å². The molecule has 9 heteroatoms. The summed E-state index contributed by atoms with van der Waals surface area (Å²) in [5.74, 6) is 0.763.